The maximum Gasteiger partial charge on any atom is 0.248 e. The first-order chi connectivity index (χ1) is 8.08. The van der Waals surface area contributed by atoms with Crippen molar-refractivity contribution in [3.8, 4) is 5.75 Å². The molecule has 0 N–H and O–H groups in total. The summed E-state index contributed by atoms with van der Waals surface area (Å²) in [5.41, 5.74) is 0.868. The van der Waals surface area contributed by atoms with E-state index >= 15 is 0 Å². The highest BCUT2D eigenvalue weighted by Gasteiger charge is 2.12. The minimum Gasteiger partial charge on any atom is -0.496 e. The standard InChI is InChI=1S/C12H16ClNO3/c1-14(12(15)8-16-2)7-9-6-10(13)4-5-11(9)17-3/h4-6H,7-8H2,1-3H3. The highest BCUT2D eigenvalue weighted by atomic mass is 35.5. The van der Waals surface area contributed by atoms with Gasteiger partial charge in [-0.25, -0.2) is 0 Å². The number of carbonyl (C=O) groups is 1. The van der Waals surface area contributed by atoms with E-state index in [1.165, 1.54) is 7.11 Å². The maximum atomic E-state index is 11.6. The number of carbonyl (C=O) groups excluding carboxylic acids is 1. The Morgan fingerprint density at radius 2 is 2.12 bits per heavy atom. The fraction of sp³-hybridized carbons (Fsp3) is 0.417. The van der Waals surface area contributed by atoms with Gasteiger partial charge in [0, 0.05) is 31.3 Å². The number of methoxy groups -OCH3 is 2. The fourth-order valence-electron chi connectivity index (χ4n) is 1.45. The SMILES string of the molecule is COCC(=O)N(C)Cc1cc(Cl)ccc1OC. The largest absolute Gasteiger partial charge is 0.496 e. The number of hydrogen-bond donors (Lipinski definition) is 0. The van der Waals surface area contributed by atoms with Crippen LogP contribution in [0.3, 0.4) is 0 Å². The van der Waals surface area contributed by atoms with Crippen molar-refractivity contribution in [2.24, 2.45) is 0 Å². The highest BCUT2D eigenvalue weighted by molar-refractivity contribution is 6.30. The molecule has 0 spiro atoms. The van der Waals surface area contributed by atoms with Crippen molar-refractivity contribution < 1.29 is 14.3 Å². The minimum absolute atomic E-state index is 0.0688. The Labute approximate surface area is 106 Å². The molecule has 1 aromatic carbocycles. The summed E-state index contributed by atoms with van der Waals surface area (Å²) in [7, 11) is 4.79. The van der Waals surface area contributed by atoms with Crippen molar-refractivity contribution in [1.82, 2.24) is 4.90 Å². The van der Waals surface area contributed by atoms with E-state index in [1.807, 2.05) is 0 Å². The number of hydrogen-bond acceptors (Lipinski definition) is 3. The Bertz CT molecular complexity index is 395. The lowest BCUT2D eigenvalue weighted by molar-refractivity contribution is -0.134. The Balaban J connectivity index is 2.79. The van der Waals surface area contributed by atoms with Gasteiger partial charge in [-0.15, -0.1) is 0 Å². The second-order valence-electron chi connectivity index (χ2n) is 3.64. The van der Waals surface area contributed by atoms with E-state index < -0.39 is 0 Å². The van der Waals surface area contributed by atoms with E-state index in [1.54, 1.807) is 37.3 Å². The van der Waals surface area contributed by atoms with E-state index in [4.69, 9.17) is 21.1 Å². The quantitative estimate of drug-likeness (QED) is 0.809. The summed E-state index contributed by atoms with van der Waals surface area (Å²) >= 11 is 5.91. The second-order valence-corrected chi connectivity index (χ2v) is 4.08. The van der Waals surface area contributed by atoms with Gasteiger partial charge >= 0.3 is 0 Å². The lowest BCUT2D eigenvalue weighted by Gasteiger charge is -2.18. The third kappa shape index (κ3) is 3.91. The molecule has 0 aliphatic carbocycles. The smallest absolute Gasteiger partial charge is 0.248 e. The van der Waals surface area contributed by atoms with E-state index in [-0.39, 0.29) is 12.5 Å². The van der Waals surface area contributed by atoms with Gasteiger partial charge in [0.05, 0.1) is 7.11 Å². The molecule has 0 unspecified atom stereocenters. The van der Waals surface area contributed by atoms with Gasteiger partial charge in [0.1, 0.15) is 12.4 Å². The second kappa shape index (κ2) is 6.47. The molecule has 5 heteroatoms. The van der Waals surface area contributed by atoms with Crippen LogP contribution in [-0.4, -0.2) is 38.7 Å². The molecule has 0 bridgehead atoms. The van der Waals surface area contributed by atoms with Crippen LogP contribution in [0.2, 0.25) is 5.02 Å². The minimum atomic E-state index is -0.0884. The van der Waals surface area contributed by atoms with Gasteiger partial charge in [0.15, 0.2) is 0 Å². The molecular formula is C12H16ClNO3. The van der Waals surface area contributed by atoms with Crippen molar-refractivity contribution in [3.63, 3.8) is 0 Å². The molecule has 0 saturated heterocycles. The molecule has 0 aliphatic heterocycles. The van der Waals surface area contributed by atoms with Crippen LogP contribution in [0.25, 0.3) is 0 Å². The van der Waals surface area contributed by atoms with E-state index in [2.05, 4.69) is 0 Å². The molecule has 0 heterocycles. The first-order valence-corrected chi connectivity index (χ1v) is 5.51. The molecule has 1 rings (SSSR count). The zero-order chi connectivity index (χ0) is 12.8. The Morgan fingerprint density at radius 3 is 2.71 bits per heavy atom. The molecule has 17 heavy (non-hydrogen) atoms. The van der Waals surface area contributed by atoms with E-state index in [0.717, 1.165) is 5.56 Å². The lowest BCUT2D eigenvalue weighted by Crippen LogP contribution is -2.29. The zero-order valence-electron chi connectivity index (χ0n) is 10.2. The van der Waals surface area contributed by atoms with E-state index in [9.17, 15) is 4.79 Å². The summed E-state index contributed by atoms with van der Waals surface area (Å²) in [5, 5.41) is 0.619. The van der Waals surface area contributed by atoms with E-state index in [0.29, 0.717) is 17.3 Å². The number of rotatable bonds is 5. The monoisotopic (exact) mass is 257 g/mol. The van der Waals surface area contributed by atoms with Gasteiger partial charge in [-0.05, 0) is 18.2 Å². The molecule has 4 nitrogen and oxygen atoms in total. The molecule has 1 aromatic rings. The van der Waals surface area contributed by atoms with Gasteiger partial charge in [0.2, 0.25) is 5.91 Å². The van der Waals surface area contributed by atoms with Crippen LogP contribution in [0, 0.1) is 0 Å². The fourth-order valence-corrected chi connectivity index (χ4v) is 1.64. The van der Waals surface area contributed by atoms with Gasteiger partial charge in [-0.1, -0.05) is 11.6 Å². The van der Waals surface area contributed by atoms with Crippen LogP contribution in [-0.2, 0) is 16.1 Å². The number of amides is 1. The van der Waals surface area contributed by atoms with Crippen molar-refractivity contribution in [2.75, 3.05) is 27.9 Å². The zero-order valence-corrected chi connectivity index (χ0v) is 11.0. The molecule has 0 saturated carbocycles. The number of ether oxygens (including phenoxy) is 2. The molecule has 1 amide bonds. The third-order valence-corrected chi connectivity index (χ3v) is 2.58. The van der Waals surface area contributed by atoms with Crippen molar-refractivity contribution in [3.05, 3.63) is 28.8 Å². The summed E-state index contributed by atoms with van der Waals surface area (Å²) < 4.78 is 10.0. The van der Waals surface area contributed by atoms with Crippen molar-refractivity contribution >= 4 is 17.5 Å². The molecule has 0 aromatic heterocycles. The summed E-state index contributed by atoms with van der Waals surface area (Å²) in [6.45, 7) is 0.505. The number of halogens is 1. The molecule has 0 atom stereocenters. The van der Waals surface area contributed by atoms with Crippen molar-refractivity contribution in [1.29, 1.82) is 0 Å². The first-order valence-electron chi connectivity index (χ1n) is 5.13. The van der Waals surface area contributed by atoms with Gasteiger partial charge in [-0.2, -0.15) is 0 Å². The van der Waals surface area contributed by atoms with Crippen LogP contribution < -0.4 is 4.74 Å². The number of nitrogens with zero attached hydrogens (tertiary/aromatic N) is 1. The first kappa shape index (κ1) is 13.8. The normalized spacial score (nSPS) is 10.1. The van der Waals surface area contributed by atoms with Gasteiger partial charge < -0.3 is 14.4 Å². The van der Waals surface area contributed by atoms with Crippen LogP contribution >= 0.6 is 11.6 Å². The number of likely N-dealkylation sites (N-methyl/N-ethyl adjacent to an activating group) is 1. The number of benzene rings is 1. The predicted octanol–water partition coefficient (Wildman–Crippen LogP) is 1.95. The highest BCUT2D eigenvalue weighted by Crippen LogP contribution is 2.23. The molecule has 0 aliphatic rings. The van der Waals surface area contributed by atoms with Gasteiger partial charge in [-0.3, -0.25) is 4.79 Å². The molecule has 0 radical (unpaired) electrons. The summed E-state index contributed by atoms with van der Waals surface area (Å²) in [6, 6.07) is 5.32. The maximum absolute atomic E-state index is 11.6. The average molecular weight is 258 g/mol. The Morgan fingerprint density at radius 1 is 1.41 bits per heavy atom. The van der Waals surface area contributed by atoms with Crippen LogP contribution in [0.15, 0.2) is 18.2 Å². The third-order valence-electron chi connectivity index (χ3n) is 2.34. The molecule has 0 fully saturated rings. The lowest BCUT2D eigenvalue weighted by atomic mass is 10.2. The average Bonchev–Trinajstić information content (AvgIpc) is 2.29. The van der Waals surface area contributed by atoms with Crippen LogP contribution in [0.4, 0.5) is 0 Å². The topological polar surface area (TPSA) is 38.8 Å². The van der Waals surface area contributed by atoms with Crippen molar-refractivity contribution in [2.45, 2.75) is 6.54 Å². The molecular weight excluding hydrogens is 242 g/mol. The summed E-state index contributed by atoms with van der Waals surface area (Å²) in [6.07, 6.45) is 0. The predicted molar refractivity (Wildman–Crippen MR) is 66.4 cm³/mol. The Kier molecular flexibility index (Phi) is 5.25. The van der Waals surface area contributed by atoms with Gasteiger partial charge in [0.25, 0.3) is 0 Å². The summed E-state index contributed by atoms with van der Waals surface area (Å²) in [4.78, 5) is 13.1. The van der Waals surface area contributed by atoms with Crippen LogP contribution in [0.5, 0.6) is 5.75 Å². The van der Waals surface area contributed by atoms with Crippen LogP contribution in [0.1, 0.15) is 5.56 Å². The Hall–Kier alpha value is -1.26. The molecule has 94 valence electrons. The summed E-state index contributed by atoms with van der Waals surface area (Å²) in [5.74, 6) is 0.626.